The normalized spacial score (nSPS) is 20.4. The fourth-order valence-electron chi connectivity index (χ4n) is 2.38. The summed E-state index contributed by atoms with van der Waals surface area (Å²) in [5, 5.41) is 3.55. The van der Waals surface area contributed by atoms with Crippen LogP contribution in [-0.2, 0) is 6.42 Å². The van der Waals surface area contributed by atoms with Gasteiger partial charge in [0.2, 0.25) is 0 Å². The Hall–Kier alpha value is -0.520. The van der Waals surface area contributed by atoms with Crippen LogP contribution in [0.3, 0.4) is 0 Å². The van der Waals surface area contributed by atoms with E-state index in [1.807, 2.05) is 11.8 Å². The molecule has 1 saturated heterocycles. The van der Waals surface area contributed by atoms with Gasteiger partial charge < -0.3 is 10.3 Å². The van der Waals surface area contributed by atoms with Crippen LogP contribution >= 0.6 is 27.7 Å². The lowest BCUT2D eigenvalue weighted by atomic mass is 10.2. The molecule has 3 nitrogen and oxygen atoms in total. The molecule has 0 aliphatic carbocycles. The quantitative estimate of drug-likeness (QED) is 0.892. The lowest BCUT2D eigenvalue weighted by molar-refractivity contribution is 0.553. The number of thioether (sulfide) groups is 1. The van der Waals surface area contributed by atoms with Crippen LogP contribution < -0.4 is 5.32 Å². The van der Waals surface area contributed by atoms with Gasteiger partial charge >= 0.3 is 0 Å². The smallest absolute Gasteiger partial charge is 0.108 e. The number of nitrogens with one attached hydrogen (secondary N) is 2. The molecule has 1 aromatic heterocycles. The maximum absolute atomic E-state index is 4.72. The lowest BCUT2D eigenvalue weighted by Crippen LogP contribution is -2.39. The molecule has 2 heterocycles. The van der Waals surface area contributed by atoms with Crippen molar-refractivity contribution in [3.8, 4) is 0 Å². The lowest BCUT2D eigenvalue weighted by Gasteiger charge is -2.21. The van der Waals surface area contributed by atoms with E-state index < -0.39 is 0 Å². The molecule has 1 aliphatic rings. The van der Waals surface area contributed by atoms with Gasteiger partial charge in [-0.25, -0.2) is 4.98 Å². The van der Waals surface area contributed by atoms with Gasteiger partial charge in [-0.15, -0.1) is 0 Å². The minimum Gasteiger partial charge on any atom is -0.342 e. The molecule has 0 amide bonds. The monoisotopic (exact) mass is 325 g/mol. The second-order valence-electron chi connectivity index (χ2n) is 4.73. The van der Waals surface area contributed by atoms with Crippen LogP contribution in [-0.4, -0.2) is 34.1 Å². The Morgan fingerprint density at radius 1 is 1.50 bits per heavy atom. The van der Waals surface area contributed by atoms with Crippen molar-refractivity contribution in [1.29, 1.82) is 0 Å². The Labute approximate surface area is 119 Å². The number of nitrogens with zero attached hydrogens (tertiary/aromatic N) is 1. The van der Waals surface area contributed by atoms with Crippen LogP contribution in [0.5, 0.6) is 0 Å². The number of aromatic amines is 1. The maximum Gasteiger partial charge on any atom is 0.108 e. The van der Waals surface area contributed by atoms with E-state index in [1.54, 1.807) is 0 Å². The van der Waals surface area contributed by atoms with Crippen molar-refractivity contribution in [3.05, 3.63) is 28.0 Å². The van der Waals surface area contributed by atoms with E-state index in [9.17, 15) is 0 Å². The van der Waals surface area contributed by atoms with E-state index >= 15 is 0 Å². The predicted octanol–water partition coefficient (Wildman–Crippen LogP) is 2.88. The predicted molar refractivity (Wildman–Crippen MR) is 81.4 cm³/mol. The van der Waals surface area contributed by atoms with Gasteiger partial charge in [0.05, 0.1) is 11.0 Å². The molecule has 96 valence electrons. The van der Waals surface area contributed by atoms with Crippen LogP contribution in [0.25, 0.3) is 11.0 Å². The molecule has 0 saturated carbocycles. The zero-order valence-corrected chi connectivity index (χ0v) is 12.7. The summed E-state index contributed by atoms with van der Waals surface area (Å²) in [6.07, 6.45) is 0.985. The largest absolute Gasteiger partial charge is 0.342 e. The van der Waals surface area contributed by atoms with Crippen molar-refractivity contribution in [2.45, 2.75) is 19.4 Å². The molecule has 0 bridgehead atoms. The van der Waals surface area contributed by atoms with Crippen LogP contribution in [0.15, 0.2) is 16.6 Å². The molecular formula is C13H16BrN3S. The molecule has 3 rings (SSSR count). The highest BCUT2D eigenvalue weighted by Gasteiger charge is 2.15. The first kappa shape index (κ1) is 12.5. The highest BCUT2D eigenvalue weighted by atomic mass is 79.9. The van der Waals surface area contributed by atoms with Gasteiger partial charge in [0.15, 0.2) is 0 Å². The molecule has 1 aromatic carbocycles. The molecule has 1 aliphatic heterocycles. The summed E-state index contributed by atoms with van der Waals surface area (Å²) in [7, 11) is 0. The molecule has 1 atom stereocenters. The van der Waals surface area contributed by atoms with E-state index in [2.05, 4.69) is 45.3 Å². The number of H-pyrrole nitrogens is 1. The minimum atomic E-state index is 0.549. The molecule has 1 unspecified atom stereocenters. The summed E-state index contributed by atoms with van der Waals surface area (Å²) in [6.45, 7) is 3.21. The van der Waals surface area contributed by atoms with Crippen LogP contribution in [0.4, 0.5) is 0 Å². The van der Waals surface area contributed by atoms with Crippen LogP contribution in [0.1, 0.15) is 11.4 Å². The molecule has 18 heavy (non-hydrogen) atoms. The van der Waals surface area contributed by atoms with E-state index in [0.717, 1.165) is 34.3 Å². The number of hydrogen-bond donors (Lipinski definition) is 2. The van der Waals surface area contributed by atoms with Crippen LogP contribution in [0, 0.1) is 6.92 Å². The van der Waals surface area contributed by atoms with Crippen molar-refractivity contribution in [1.82, 2.24) is 15.3 Å². The van der Waals surface area contributed by atoms with Crippen molar-refractivity contribution >= 4 is 38.7 Å². The third-order valence-electron chi connectivity index (χ3n) is 3.23. The van der Waals surface area contributed by atoms with Crippen molar-refractivity contribution < 1.29 is 0 Å². The number of aromatic nitrogens is 2. The van der Waals surface area contributed by atoms with Crippen molar-refractivity contribution in [2.75, 3.05) is 18.1 Å². The van der Waals surface area contributed by atoms with Gasteiger partial charge in [-0.05, 0) is 24.6 Å². The van der Waals surface area contributed by atoms with Crippen molar-refractivity contribution in [3.63, 3.8) is 0 Å². The summed E-state index contributed by atoms with van der Waals surface area (Å²) in [5.74, 6) is 3.49. The molecule has 2 aromatic rings. The minimum absolute atomic E-state index is 0.549. The summed E-state index contributed by atoms with van der Waals surface area (Å²) >= 11 is 5.55. The number of rotatable bonds is 2. The Balaban J connectivity index is 1.86. The molecule has 0 radical (unpaired) electrons. The third-order valence-corrected chi connectivity index (χ3v) is 4.82. The van der Waals surface area contributed by atoms with Gasteiger partial charge in [-0.2, -0.15) is 11.8 Å². The second kappa shape index (κ2) is 5.23. The summed E-state index contributed by atoms with van der Waals surface area (Å²) < 4.78 is 1.11. The topological polar surface area (TPSA) is 40.7 Å². The first-order valence-electron chi connectivity index (χ1n) is 6.18. The molecule has 1 fully saturated rings. The second-order valence-corrected chi connectivity index (χ2v) is 6.80. The van der Waals surface area contributed by atoms with Gasteiger partial charge in [0, 0.05) is 35.0 Å². The fraction of sp³-hybridized carbons (Fsp3) is 0.462. The van der Waals surface area contributed by atoms with E-state index in [-0.39, 0.29) is 0 Å². The maximum atomic E-state index is 4.72. The summed E-state index contributed by atoms with van der Waals surface area (Å²) in [4.78, 5) is 8.16. The van der Waals surface area contributed by atoms with Crippen molar-refractivity contribution in [2.24, 2.45) is 0 Å². The summed E-state index contributed by atoms with van der Waals surface area (Å²) in [6, 6.07) is 4.76. The van der Waals surface area contributed by atoms with Crippen LogP contribution in [0.2, 0.25) is 0 Å². The number of halogens is 1. The molecular weight excluding hydrogens is 310 g/mol. The van der Waals surface area contributed by atoms with Gasteiger partial charge in [0.25, 0.3) is 0 Å². The summed E-state index contributed by atoms with van der Waals surface area (Å²) in [5.41, 5.74) is 3.44. The first-order valence-corrected chi connectivity index (χ1v) is 8.13. The molecule has 0 spiro atoms. The van der Waals surface area contributed by atoms with E-state index in [1.165, 1.54) is 17.1 Å². The zero-order valence-electron chi connectivity index (χ0n) is 10.3. The Morgan fingerprint density at radius 3 is 3.17 bits per heavy atom. The van der Waals surface area contributed by atoms with Gasteiger partial charge in [-0.1, -0.05) is 15.9 Å². The average Bonchev–Trinajstić information content (AvgIpc) is 2.73. The number of imidazole rings is 1. The highest BCUT2D eigenvalue weighted by molar-refractivity contribution is 9.10. The Kier molecular flexibility index (Phi) is 3.63. The zero-order chi connectivity index (χ0) is 12.5. The number of hydrogen-bond acceptors (Lipinski definition) is 3. The average molecular weight is 326 g/mol. The highest BCUT2D eigenvalue weighted by Crippen LogP contribution is 2.22. The Bertz CT molecular complexity index is 561. The SMILES string of the molecule is Cc1cc(Br)cc2[nH]c(CC3CSCCN3)nc12. The van der Waals surface area contributed by atoms with E-state index in [4.69, 9.17) is 4.98 Å². The number of aryl methyl sites for hydroxylation is 1. The van der Waals surface area contributed by atoms with Gasteiger partial charge in [0.1, 0.15) is 5.82 Å². The third kappa shape index (κ3) is 2.58. The standard InChI is InChI=1S/C13H16BrN3S/c1-8-4-9(14)5-11-13(8)17-12(16-11)6-10-7-18-3-2-15-10/h4-5,10,15H,2-3,6-7H2,1H3,(H,16,17). The van der Waals surface area contributed by atoms with Gasteiger partial charge in [-0.3, -0.25) is 0 Å². The number of fused-ring (bicyclic) bond motifs is 1. The fourth-order valence-corrected chi connectivity index (χ4v) is 3.90. The first-order chi connectivity index (χ1) is 8.72. The number of benzene rings is 1. The van der Waals surface area contributed by atoms with E-state index in [0.29, 0.717) is 6.04 Å². The molecule has 2 N–H and O–H groups in total. The Morgan fingerprint density at radius 2 is 2.39 bits per heavy atom. The molecule has 5 heteroatoms.